The molecule has 0 saturated heterocycles. The van der Waals surface area contributed by atoms with Gasteiger partial charge in [0.1, 0.15) is 6.61 Å². The molecular formula is C26H35NO5. The molecule has 0 amide bonds. The zero-order valence-electron chi connectivity index (χ0n) is 19.4. The summed E-state index contributed by atoms with van der Waals surface area (Å²) in [6, 6.07) is 10.6. The van der Waals surface area contributed by atoms with Gasteiger partial charge in [-0.2, -0.15) is 0 Å². The van der Waals surface area contributed by atoms with Gasteiger partial charge in [0.25, 0.3) is 0 Å². The maximum absolute atomic E-state index is 12.4. The van der Waals surface area contributed by atoms with Crippen molar-refractivity contribution in [3.8, 4) is 23.0 Å². The smallest absolute Gasteiger partial charge is 0.161 e. The molecule has 1 atom stereocenters. The van der Waals surface area contributed by atoms with Gasteiger partial charge in [0.15, 0.2) is 28.8 Å². The Balaban J connectivity index is 1.97. The van der Waals surface area contributed by atoms with Gasteiger partial charge < -0.3 is 25.0 Å². The van der Waals surface area contributed by atoms with E-state index >= 15 is 0 Å². The van der Waals surface area contributed by atoms with Crippen LogP contribution in [0.1, 0.15) is 31.4 Å². The van der Waals surface area contributed by atoms with E-state index in [1.807, 2.05) is 25.3 Å². The fourth-order valence-electron chi connectivity index (χ4n) is 3.32. The number of allylic oxidation sites excluding steroid dienone is 2. The number of carbonyl (C=O) groups excluding carboxylic acids is 1. The number of hydrogen-bond donors (Lipinski definition) is 3. The number of hydrogen-bond acceptors (Lipinski definition) is 6. The van der Waals surface area contributed by atoms with E-state index in [0.717, 1.165) is 17.5 Å². The third-order valence-electron chi connectivity index (χ3n) is 5.40. The lowest BCUT2D eigenvalue weighted by atomic mass is 9.88. The number of ketones is 1. The molecule has 0 aliphatic carbocycles. The summed E-state index contributed by atoms with van der Waals surface area (Å²) < 4.78 is 10.8. The van der Waals surface area contributed by atoms with Crippen LogP contribution < -0.4 is 14.8 Å². The Bertz CT molecular complexity index is 907. The van der Waals surface area contributed by atoms with E-state index < -0.39 is 0 Å². The Hall–Kier alpha value is -2.99. The third kappa shape index (κ3) is 7.93. The molecule has 2 aromatic carbocycles. The second kappa shape index (κ2) is 12.8. The van der Waals surface area contributed by atoms with Crippen molar-refractivity contribution >= 4 is 5.78 Å². The van der Waals surface area contributed by atoms with Crippen molar-refractivity contribution in [1.29, 1.82) is 0 Å². The number of aryl methyl sites for hydroxylation is 1. The molecular weight excluding hydrogens is 406 g/mol. The molecule has 0 bridgehead atoms. The number of ether oxygens (including phenoxy) is 2. The first-order chi connectivity index (χ1) is 15.3. The van der Waals surface area contributed by atoms with E-state index in [4.69, 9.17) is 9.47 Å². The predicted molar refractivity (Wildman–Crippen MR) is 127 cm³/mol. The lowest BCUT2D eigenvalue weighted by Crippen LogP contribution is -2.16. The van der Waals surface area contributed by atoms with E-state index in [-0.39, 0.29) is 23.2 Å². The summed E-state index contributed by atoms with van der Waals surface area (Å²) in [4.78, 5) is 12.4. The number of benzene rings is 2. The Labute approximate surface area is 190 Å². The molecule has 0 heterocycles. The largest absolute Gasteiger partial charge is 0.504 e. The number of aromatic hydroxyl groups is 2. The molecule has 0 aliphatic rings. The highest BCUT2D eigenvalue weighted by atomic mass is 16.5. The van der Waals surface area contributed by atoms with Crippen molar-refractivity contribution in [2.45, 2.75) is 33.1 Å². The highest BCUT2D eigenvalue weighted by Gasteiger charge is 2.14. The molecule has 0 fully saturated rings. The molecule has 0 unspecified atom stereocenters. The van der Waals surface area contributed by atoms with Crippen molar-refractivity contribution in [3.63, 3.8) is 0 Å². The van der Waals surface area contributed by atoms with Crippen LogP contribution in [0.25, 0.3) is 0 Å². The van der Waals surface area contributed by atoms with Gasteiger partial charge in [-0.05, 0) is 73.2 Å². The zero-order valence-corrected chi connectivity index (χ0v) is 19.4. The molecule has 174 valence electrons. The maximum atomic E-state index is 12.4. The Morgan fingerprint density at radius 1 is 1.06 bits per heavy atom. The van der Waals surface area contributed by atoms with Crippen LogP contribution in [0.3, 0.4) is 0 Å². The first kappa shape index (κ1) is 25.3. The summed E-state index contributed by atoms with van der Waals surface area (Å²) in [6.07, 6.45) is 5.38. The molecule has 0 spiro atoms. The molecule has 6 heteroatoms. The van der Waals surface area contributed by atoms with Crippen molar-refractivity contribution in [2.24, 2.45) is 11.8 Å². The fourth-order valence-corrected chi connectivity index (χ4v) is 3.32. The molecule has 2 rings (SSSR count). The summed E-state index contributed by atoms with van der Waals surface area (Å²) in [5.74, 6) is 1.70. The molecule has 0 aromatic heterocycles. The van der Waals surface area contributed by atoms with Crippen molar-refractivity contribution in [2.75, 3.05) is 27.3 Å². The number of likely N-dealkylation sites (N-methyl/N-ethyl adjacent to an activating group) is 1. The molecule has 0 radical (unpaired) electrons. The molecule has 2 aromatic rings. The van der Waals surface area contributed by atoms with Crippen LogP contribution in [-0.2, 0) is 17.6 Å². The van der Waals surface area contributed by atoms with Gasteiger partial charge in [-0.25, -0.2) is 0 Å². The van der Waals surface area contributed by atoms with Crippen LogP contribution in [0.2, 0.25) is 0 Å². The fraction of sp³-hybridized carbons (Fsp3) is 0.423. The van der Waals surface area contributed by atoms with Gasteiger partial charge in [0, 0.05) is 13.0 Å². The third-order valence-corrected chi connectivity index (χ3v) is 5.40. The van der Waals surface area contributed by atoms with Crippen molar-refractivity contribution in [3.05, 3.63) is 59.7 Å². The summed E-state index contributed by atoms with van der Waals surface area (Å²) in [5, 5.41) is 22.7. The Morgan fingerprint density at radius 2 is 1.72 bits per heavy atom. The lowest BCUT2D eigenvalue weighted by molar-refractivity contribution is -0.114. The Kier molecular flexibility index (Phi) is 10.1. The van der Waals surface area contributed by atoms with E-state index in [9.17, 15) is 15.0 Å². The topological polar surface area (TPSA) is 88.0 Å². The van der Waals surface area contributed by atoms with Gasteiger partial charge in [-0.15, -0.1) is 0 Å². The summed E-state index contributed by atoms with van der Waals surface area (Å²) in [6.45, 7) is 5.43. The summed E-state index contributed by atoms with van der Waals surface area (Å²) in [7, 11) is 3.35. The van der Waals surface area contributed by atoms with Crippen LogP contribution >= 0.6 is 0 Å². The second-order valence-corrected chi connectivity index (χ2v) is 8.20. The monoisotopic (exact) mass is 441 g/mol. The van der Waals surface area contributed by atoms with Gasteiger partial charge in [0.05, 0.1) is 7.11 Å². The highest BCUT2D eigenvalue weighted by molar-refractivity contribution is 5.89. The van der Waals surface area contributed by atoms with E-state index in [2.05, 4.69) is 19.2 Å². The normalized spacial score (nSPS) is 12.3. The van der Waals surface area contributed by atoms with Crippen LogP contribution in [-0.4, -0.2) is 43.3 Å². The minimum absolute atomic E-state index is 0.0597. The van der Waals surface area contributed by atoms with Crippen LogP contribution in [0.5, 0.6) is 23.0 Å². The van der Waals surface area contributed by atoms with Crippen LogP contribution in [0.4, 0.5) is 0 Å². The average molecular weight is 442 g/mol. The average Bonchev–Trinajstić information content (AvgIpc) is 2.77. The van der Waals surface area contributed by atoms with Gasteiger partial charge in [-0.1, -0.05) is 32.1 Å². The van der Waals surface area contributed by atoms with Crippen molar-refractivity contribution in [1.82, 2.24) is 5.32 Å². The number of nitrogens with one attached hydrogen (secondary N) is 1. The minimum Gasteiger partial charge on any atom is -0.504 e. The van der Waals surface area contributed by atoms with E-state index in [1.54, 1.807) is 30.3 Å². The van der Waals surface area contributed by atoms with Crippen LogP contribution in [0, 0.1) is 11.8 Å². The molecule has 3 N–H and O–H groups in total. The number of methoxy groups -OCH3 is 1. The first-order valence-corrected chi connectivity index (χ1v) is 11.0. The SMILES string of the molecule is CNCCOc1cc(C[C@H](/C=C/C(=O)CCc2ccc(O)c(OC)c2)C(C)C)ccc1O. The van der Waals surface area contributed by atoms with E-state index in [1.165, 1.54) is 7.11 Å². The molecule has 32 heavy (non-hydrogen) atoms. The van der Waals surface area contributed by atoms with E-state index in [0.29, 0.717) is 43.4 Å². The van der Waals surface area contributed by atoms with Gasteiger partial charge >= 0.3 is 0 Å². The lowest BCUT2D eigenvalue weighted by Gasteiger charge is -2.18. The summed E-state index contributed by atoms with van der Waals surface area (Å²) in [5.41, 5.74) is 1.99. The number of phenols is 2. The standard InChI is InChI=1S/C26H35NO5/c1-18(2)21(15-20-7-12-24(30)26(17-20)32-14-13-27-3)8-10-22(28)9-5-19-6-11-23(29)25(16-19)31-4/h6-8,10-12,16-18,21,27,29-30H,5,9,13-15H2,1-4H3/b10-8+/t21-/m0/s1. The number of rotatable bonds is 13. The zero-order chi connectivity index (χ0) is 23.5. The molecule has 0 aliphatic heterocycles. The number of phenolic OH excluding ortho intramolecular Hbond substituents is 2. The maximum Gasteiger partial charge on any atom is 0.161 e. The minimum atomic E-state index is 0.0597. The van der Waals surface area contributed by atoms with Crippen LogP contribution in [0.15, 0.2) is 48.6 Å². The molecule has 6 nitrogen and oxygen atoms in total. The molecule has 0 saturated carbocycles. The van der Waals surface area contributed by atoms with Crippen molar-refractivity contribution < 1.29 is 24.5 Å². The van der Waals surface area contributed by atoms with Gasteiger partial charge in [-0.3, -0.25) is 4.79 Å². The summed E-state index contributed by atoms with van der Waals surface area (Å²) >= 11 is 0. The predicted octanol–water partition coefficient (Wildman–Crippen LogP) is 4.28. The quantitative estimate of drug-likeness (QED) is 0.318. The first-order valence-electron chi connectivity index (χ1n) is 11.0. The Morgan fingerprint density at radius 3 is 2.38 bits per heavy atom. The highest BCUT2D eigenvalue weighted by Crippen LogP contribution is 2.29. The number of carbonyl (C=O) groups is 1. The second-order valence-electron chi connectivity index (χ2n) is 8.20. The van der Waals surface area contributed by atoms with Gasteiger partial charge in [0.2, 0.25) is 0 Å².